The molecule has 0 N–H and O–H groups in total. The van der Waals surface area contributed by atoms with E-state index in [1.807, 2.05) is 18.2 Å². The van der Waals surface area contributed by atoms with Crippen molar-refractivity contribution in [3.8, 4) is 0 Å². The summed E-state index contributed by atoms with van der Waals surface area (Å²) in [6.45, 7) is 0. The molecule has 2 heteroatoms. The van der Waals surface area contributed by atoms with Gasteiger partial charge in [0.2, 0.25) is 0 Å². The third kappa shape index (κ3) is 2.38. The fourth-order valence-corrected chi connectivity index (χ4v) is 0.313. The number of nitrogens with zero attached hydrogens (tertiary/aromatic N) is 1. The molecule has 1 rings (SSSR count). The first kappa shape index (κ1) is 6.67. The van der Waals surface area contributed by atoms with E-state index in [4.69, 9.17) is 0 Å². The molecule has 0 saturated heterocycles. The van der Waals surface area contributed by atoms with Gasteiger partial charge in [-0.3, -0.25) is 4.98 Å². The van der Waals surface area contributed by atoms with E-state index in [1.165, 1.54) is 0 Å². The van der Waals surface area contributed by atoms with E-state index in [9.17, 15) is 0 Å². The summed E-state index contributed by atoms with van der Waals surface area (Å²) >= 11 is 0. The van der Waals surface area contributed by atoms with E-state index < -0.39 is 0 Å². The summed E-state index contributed by atoms with van der Waals surface area (Å²) < 4.78 is 0. The zero-order valence-electron chi connectivity index (χ0n) is 3.74. The van der Waals surface area contributed by atoms with E-state index in [0.717, 1.165) is 0 Å². The first-order valence-corrected chi connectivity index (χ1v) is 1.85. The molecule has 0 bridgehead atoms. The minimum Gasteiger partial charge on any atom is -0.265 e. The van der Waals surface area contributed by atoms with Crippen molar-refractivity contribution in [2.45, 2.75) is 0 Å². The van der Waals surface area contributed by atoms with Gasteiger partial charge in [-0.2, -0.15) is 0 Å². The monoisotopic (exact) mass is 159 g/mol. The van der Waals surface area contributed by atoms with Gasteiger partial charge in [-0.05, 0) is 12.1 Å². The first-order chi connectivity index (χ1) is 3.00. The molecular formula is C5H5NSe. The Morgan fingerprint density at radius 1 is 0.857 bits per heavy atom. The second kappa shape index (κ2) is 3.85. The van der Waals surface area contributed by atoms with Crippen LogP contribution < -0.4 is 0 Å². The molecule has 0 saturated carbocycles. The molecule has 0 aromatic carbocycles. The van der Waals surface area contributed by atoms with Gasteiger partial charge >= 0.3 is 0 Å². The second-order valence-electron chi connectivity index (χ2n) is 1.02. The Morgan fingerprint density at radius 3 is 1.57 bits per heavy atom. The molecule has 1 nitrogen and oxygen atoms in total. The first-order valence-electron chi connectivity index (χ1n) is 1.85. The quantitative estimate of drug-likeness (QED) is 0.506. The van der Waals surface area contributed by atoms with E-state index >= 15 is 0 Å². The van der Waals surface area contributed by atoms with Crippen molar-refractivity contribution >= 4 is 17.1 Å². The van der Waals surface area contributed by atoms with E-state index in [-0.39, 0.29) is 17.1 Å². The van der Waals surface area contributed by atoms with Gasteiger partial charge in [-0.1, -0.05) is 6.07 Å². The Morgan fingerprint density at radius 2 is 1.43 bits per heavy atom. The fourth-order valence-electron chi connectivity index (χ4n) is 0.313. The number of hydrogen-bond acceptors (Lipinski definition) is 1. The molecule has 0 fully saturated rings. The smallest absolute Gasteiger partial charge is 0.0267 e. The van der Waals surface area contributed by atoms with Gasteiger partial charge in [-0.25, -0.2) is 0 Å². The molecule has 36 valence electrons. The van der Waals surface area contributed by atoms with Crippen LogP contribution in [0.15, 0.2) is 30.6 Å². The topological polar surface area (TPSA) is 12.9 Å². The van der Waals surface area contributed by atoms with Crippen molar-refractivity contribution in [2.75, 3.05) is 0 Å². The van der Waals surface area contributed by atoms with E-state index in [0.29, 0.717) is 0 Å². The molecule has 0 aliphatic carbocycles. The normalized spacial score (nSPS) is 6.86. The molecule has 1 aromatic heterocycles. The predicted molar refractivity (Wildman–Crippen MR) is 30.0 cm³/mol. The molecular weight excluding hydrogens is 153 g/mol. The number of rotatable bonds is 0. The summed E-state index contributed by atoms with van der Waals surface area (Å²) in [7, 11) is 0. The van der Waals surface area contributed by atoms with E-state index in [2.05, 4.69) is 4.98 Å². The Kier molecular flexibility index (Phi) is 3.66. The van der Waals surface area contributed by atoms with Crippen LogP contribution in [0.3, 0.4) is 0 Å². The molecule has 2 radical (unpaired) electrons. The minimum absolute atomic E-state index is 0. The number of pyridine rings is 1. The summed E-state index contributed by atoms with van der Waals surface area (Å²) in [5.74, 6) is 0. The van der Waals surface area contributed by atoms with Crippen LogP contribution in [-0.2, 0) is 0 Å². The summed E-state index contributed by atoms with van der Waals surface area (Å²) in [4.78, 5) is 3.78. The molecule has 1 aromatic rings. The van der Waals surface area contributed by atoms with Gasteiger partial charge in [-0.15, -0.1) is 0 Å². The zero-order valence-corrected chi connectivity index (χ0v) is 5.46. The maximum atomic E-state index is 3.78. The summed E-state index contributed by atoms with van der Waals surface area (Å²) in [5.41, 5.74) is 0. The molecule has 0 atom stereocenters. The summed E-state index contributed by atoms with van der Waals surface area (Å²) in [5, 5.41) is 0. The van der Waals surface area contributed by atoms with Gasteiger partial charge in [0.1, 0.15) is 0 Å². The van der Waals surface area contributed by atoms with Crippen molar-refractivity contribution in [1.29, 1.82) is 0 Å². The van der Waals surface area contributed by atoms with Gasteiger partial charge in [0, 0.05) is 29.5 Å². The predicted octanol–water partition coefficient (Wildman–Crippen LogP) is 0.701. The number of hydrogen-bond donors (Lipinski definition) is 0. The third-order valence-electron chi connectivity index (χ3n) is 0.566. The van der Waals surface area contributed by atoms with Gasteiger partial charge < -0.3 is 0 Å². The molecule has 0 aliphatic heterocycles. The zero-order chi connectivity index (χ0) is 4.24. The van der Waals surface area contributed by atoms with Gasteiger partial charge in [0.05, 0.1) is 0 Å². The number of aromatic nitrogens is 1. The van der Waals surface area contributed by atoms with Crippen molar-refractivity contribution < 1.29 is 0 Å². The van der Waals surface area contributed by atoms with Crippen LogP contribution in [0.5, 0.6) is 0 Å². The second-order valence-corrected chi connectivity index (χ2v) is 1.02. The Balaban J connectivity index is 0.000000360. The van der Waals surface area contributed by atoms with Crippen LogP contribution in [0.4, 0.5) is 0 Å². The van der Waals surface area contributed by atoms with E-state index in [1.54, 1.807) is 12.4 Å². The standard InChI is InChI=1S/C5H5N.Se/c1-2-4-6-5-3-1;/h1-5H;. The molecule has 0 aliphatic rings. The average molecular weight is 158 g/mol. The van der Waals surface area contributed by atoms with Gasteiger partial charge in [0.15, 0.2) is 0 Å². The Labute approximate surface area is 53.2 Å². The van der Waals surface area contributed by atoms with Crippen molar-refractivity contribution in [3.63, 3.8) is 0 Å². The molecule has 7 heavy (non-hydrogen) atoms. The molecule has 0 spiro atoms. The van der Waals surface area contributed by atoms with Crippen molar-refractivity contribution in [1.82, 2.24) is 4.98 Å². The maximum absolute atomic E-state index is 3.78. The average Bonchev–Trinajstić information content (AvgIpc) is 1.72. The van der Waals surface area contributed by atoms with Crippen LogP contribution in [0.2, 0.25) is 0 Å². The van der Waals surface area contributed by atoms with Crippen LogP contribution in [0.1, 0.15) is 0 Å². The molecule has 0 unspecified atom stereocenters. The SMILES string of the molecule is [Se].c1ccncc1. The van der Waals surface area contributed by atoms with Crippen LogP contribution in [0, 0.1) is 0 Å². The Hall–Kier alpha value is -0.331. The van der Waals surface area contributed by atoms with Crippen molar-refractivity contribution in [2.24, 2.45) is 0 Å². The summed E-state index contributed by atoms with van der Waals surface area (Å²) in [6, 6.07) is 5.72. The van der Waals surface area contributed by atoms with Crippen molar-refractivity contribution in [3.05, 3.63) is 30.6 Å². The fraction of sp³-hybridized carbons (Fsp3) is 0. The Bertz CT molecular complexity index is 80.0. The minimum atomic E-state index is 0. The largest absolute Gasteiger partial charge is 0.265 e. The van der Waals surface area contributed by atoms with Gasteiger partial charge in [0.25, 0.3) is 0 Å². The third-order valence-corrected chi connectivity index (χ3v) is 0.566. The van der Waals surface area contributed by atoms with Crippen LogP contribution in [0.25, 0.3) is 0 Å². The molecule has 0 amide bonds. The maximum Gasteiger partial charge on any atom is 0.0267 e. The summed E-state index contributed by atoms with van der Waals surface area (Å²) in [6.07, 6.45) is 3.50. The van der Waals surface area contributed by atoms with Crippen LogP contribution >= 0.6 is 0 Å². The molecule has 1 heterocycles. The van der Waals surface area contributed by atoms with Crippen LogP contribution in [-0.4, -0.2) is 22.1 Å².